The van der Waals surface area contributed by atoms with Crippen LogP contribution in [0.2, 0.25) is 0 Å². The lowest BCUT2D eigenvalue weighted by atomic mass is 9.96. The Labute approximate surface area is 185 Å². The van der Waals surface area contributed by atoms with E-state index in [0.29, 0.717) is 5.75 Å². The summed E-state index contributed by atoms with van der Waals surface area (Å²) in [6, 6.07) is 6.04. The molecule has 1 atom stereocenters. The third-order valence-corrected chi connectivity index (χ3v) is 5.97. The maximum Gasteiger partial charge on any atom is 0.117 e. The number of aromatic hydroxyl groups is 1. The first-order valence-corrected chi connectivity index (χ1v) is 11.2. The summed E-state index contributed by atoms with van der Waals surface area (Å²) in [5.41, 5.74) is 4.89. The molecule has 1 aromatic heterocycles. The molecule has 1 aromatic carbocycles. The van der Waals surface area contributed by atoms with E-state index in [-0.39, 0.29) is 6.04 Å². The van der Waals surface area contributed by atoms with E-state index in [0.717, 1.165) is 53.7 Å². The number of halogens is 2. The summed E-state index contributed by atoms with van der Waals surface area (Å²) in [5.74, 6) is 0.319. The van der Waals surface area contributed by atoms with E-state index in [1.807, 2.05) is 26.1 Å². The molecule has 1 aliphatic carbocycles. The van der Waals surface area contributed by atoms with Gasteiger partial charge < -0.3 is 10.4 Å². The molecule has 2 heterocycles. The van der Waals surface area contributed by atoms with Crippen molar-refractivity contribution in [2.24, 2.45) is 0 Å². The molecule has 0 amide bonds. The Hall–Kier alpha value is -1.39. The van der Waals surface area contributed by atoms with Gasteiger partial charge in [0.15, 0.2) is 0 Å². The number of rotatable bonds is 1. The number of phenolic OH excluding ortho intramolecular Hbond substituents is 1. The maximum atomic E-state index is 10.0. The minimum absolute atomic E-state index is 0.127. The molecule has 28 heavy (non-hydrogen) atoms. The summed E-state index contributed by atoms with van der Waals surface area (Å²) < 4.78 is 1.99. The number of benzene rings is 1. The quantitative estimate of drug-likeness (QED) is 0.549. The number of terminal acetylenes is 1. The zero-order valence-electron chi connectivity index (χ0n) is 16.4. The fourth-order valence-corrected chi connectivity index (χ4v) is 4.90. The summed E-state index contributed by atoms with van der Waals surface area (Å²) >= 11 is 7.26. The molecular formula is C22H27Br2N3O. The van der Waals surface area contributed by atoms with E-state index in [1.165, 1.54) is 16.7 Å². The van der Waals surface area contributed by atoms with E-state index in [9.17, 15) is 5.11 Å². The minimum Gasteiger partial charge on any atom is -0.508 e. The van der Waals surface area contributed by atoms with Crippen LogP contribution in [0, 0.1) is 12.8 Å². The molecule has 2 N–H and O–H groups in total. The van der Waals surface area contributed by atoms with Crippen molar-refractivity contribution >= 4 is 31.9 Å². The Morgan fingerprint density at radius 1 is 1.07 bits per heavy atom. The summed E-state index contributed by atoms with van der Waals surface area (Å²) in [5, 5.41) is 13.5. The molecular weight excluding hydrogens is 482 g/mol. The highest BCUT2D eigenvalue weighted by Crippen LogP contribution is 2.41. The van der Waals surface area contributed by atoms with Gasteiger partial charge in [-0.05, 0) is 63.7 Å². The summed E-state index contributed by atoms with van der Waals surface area (Å²) in [7, 11) is 0. The van der Waals surface area contributed by atoms with Crippen LogP contribution >= 0.6 is 31.9 Å². The van der Waals surface area contributed by atoms with E-state index < -0.39 is 0 Å². The topological polar surface area (TPSA) is 48.4 Å². The lowest BCUT2D eigenvalue weighted by Gasteiger charge is -2.36. The van der Waals surface area contributed by atoms with Crippen molar-refractivity contribution in [1.82, 2.24) is 15.2 Å². The Balaban J connectivity index is 0.000000660. The Bertz CT molecular complexity index is 817. The van der Waals surface area contributed by atoms with Gasteiger partial charge in [0.1, 0.15) is 5.75 Å². The van der Waals surface area contributed by atoms with Gasteiger partial charge in [-0.2, -0.15) is 0 Å². The van der Waals surface area contributed by atoms with Crippen LogP contribution in [0.3, 0.4) is 0 Å². The number of aryl methyl sites for hydroxylation is 2. The molecule has 0 radical (unpaired) electrons. The highest BCUT2D eigenvalue weighted by Gasteiger charge is 2.32. The van der Waals surface area contributed by atoms with Gasteiger partial charge >= 0.3 is 0 Å². The predicted molar refractivity (Wildman–Crippen MR) is 123 cm³/mol. The standard InChI is InChI=1S/C18H19Br2N3O.C2H6.C2H2/c19-13-7-12-2-1-11-8-14(24)9-15(20)16(11)18(17(12)22-10-13)23-5-3-21-4-6-23;2*1-2/h7-10,18,21,24H,1-6H2;1-2H3;1-2H/t18-;;/m1../s1. The molecule has 1 saturated heterocycles. The molecule has 1 fully saturated rings. The van der Waals surface area contributed by atoms with Crippen LogP contribution in [0.25, 0.3) is 0 Å². The van der Waals surface area contributed by atoms with Gasteiger partial charge in [0.05, 0.1) is 11.7 Å². The van der Waals surface area contributed by atoms with Gasteiger partial charge in [-0.15, -0.1) is 12.8 Å². The van der Waals surface area contributed by atoms with Crippen LogP contribution in [0.5, 0.6) is 5.75 Å². The Morgan fingerprint density at radius 2 is 1.71 bits per heavy atom. The molecule has 0 unspecified atom stereocenters. The molecule has 150 valence electrons. The normalized spacial score (nSPS) is 18.3. The SMILES string of the molecule is C#C.CC.Oc1cc(Br)c2c(c1)CCc1cc(Br)cnc1[C@@H]2N1CCNCC1. The lowest BCUT2D eigenvalue weighted by Crippen LogP contribution is -2.45. The molecule has 1 aliphatic heterocycles. The van der Waals surface area contributed by atoms with Gasteiger partial charge in [0, 0.05) is 41.3 Å². The number of hydrogen-bond acceptors (Lipinski definition) is 4. The van der Waals surface area contributed by atoms with Crippen molar-refractivity contribution in [3.05, 3.63) is 55.7 Å². The molecule has 0 saturated carbocycles. The van der Waals surface area contributed by atoms with Gasteiger partial charge in [0.2, 0.25) is 0 Å². The zero-order chi connectivity index (χ0) is 20.7. The van der Waals surface area contributed by atoms with Crippen molar-refractivity contribution in [2.75, 3.05) is 26.2 Å². The van der Waals surface area contributed by atoms with Gasteiger partial charge in [-0.25, -0.2) is 0 Å². The van der Waals surface area contributed by atoms with Crippen LogP contribution in [0.4, 0.5) is 0 Å². The smallest absolute Gasteiger partial charge is 0.117 e. The summed E-state index contributed by atoms with van der Waals surface area (Å²) in [6.07, 6.45) is 11.7. The second-order valence-electron chi connectivity index (χ2n) is 6.39. The number of piperazine rings is 1. The van der Waals surface area contributed by atoms with Crippen molar-refractivity contribution in [3.63, 3.8) is 0 Å². The number of pyridine rings is 1. The third kappa shape index (κ3) is 4.96. The van der Waals surface area contributed by atoms with Gasteiger partial charge in [0.25, 0.3) is 0 Å². The highest BCUT2D eigenvalue weighted by molar-refractivity contribution is 9.10. The number of phenols is 1. The van der Waals surface area contributed by atoms with Crippen molar-refractivity contribution in [3.8, 4) is 18.6 Å². The van der Waals surface area contributed by atoms with Crippen LogP contribution in [-0.2, 0) is 12.8 Å². The van der Waals surface area contributed by atoms with Crippen molar-refractivity contribution in [1.29, 1.82) is 0 Å². The molecule has 2 aromatic rings. The largest absolute Gasteiger partial charge is 0.508 e. The van der Waals surface area contributed by atoms with E-state index in [2.05, 4.69) is 61.0 Å². The number of hydrogen-bond donors (Lipinski definition) is 2. The highest BCUT2D eigenvalue weighted by atomic mass is 79.9. The number of fused-ring (bicyclic) bond motifs is 2. The number of nitrogens with zero attached hydrogens (tertiary/aromatic N) is 2. The van der Waals surface area contributed by atoms with Crippen molar-refractivity contribution < 1.29 is 5.11 Å². The van der Waals surface area contributed by atoms with E-state index in [4.69, 9.17) is 4.98 Å². The average Bonchev–Trinajstić information content (AvgIpc) is 2.88. The first-order valence-electron chi connectivity index (χ1n) is 9.57. The summed E-state index contributed by atoms with van der Waals surface area (Å²) in [4.78, 5) is 7.31. The molecule has 6 heteroatoms. The summed E-state index contributed by atoms with van der Waals surface area (Å²) in [6.45, 7) is 7.98. The van der Waals surface area contributed by atoms with E-state index in [1.54, 1.807) is 6.07 Å². The lowest BCUT2D eigenvalue weighted by molar-refractivity contribution is 0.194. The van der Waals surface area contributed by atoms with Crippen molar-refractivity contribution in [2.45, 2.75) is 32.7 Å². The Kier molecular flexibility index (Phi) is 8.97. The third-order valence-electron chi connectivity index (χ3n) is 4.88. The Morgan fingerprint density at radius 3 is 2.39 bits per heavy atom. The molecule has 2 aliphatic rings. The van der Waals surface area contributed by atoms with Gasteiger partial charge in [-0.3, -0.25) is 9.88 Å². The number of nitrogens with one attached hydrogen (secondary N) is 1. The second kappa shape index (κ2) is 11.0. The molecule has 4 nitrogen and oxygen atoms in total. The van der Waals surface area contributed by atoms with Crippen LogP contribution in [0.1, 0.15) is 42.3 Å². The average molecular weight is 509 g/mol. The van der Waals surface area contributed by atoms with Crippen LogP contribution < -0.4 is 5.32 Å². The minimum atomic E-state index is 0.127. The maximum absolute atomic E-state index is 10.0. The monoisotopic (exact) mass is 507 g/mol. The predicted octanol–water partition coefficient (Wildman–Crippen LogP) is 4.68. The molecule has 0 bridgehead atoms. The number of aromatic nitrogens is 1. The van der Waals surface area contributed by atoms with Gasteiger partial charge in [-0.1, -0.05) is 29.8 Å². The fourth-order valence-electron chi connectivity index (χ4n) is 3.81. The van der Waals surface area contributed by atoms with Crippen LogP contribution in [-0.4, -0.2) is 41.2 Å². The second-order valence-corrected chi connectivity index (χ2v) is 8.16. The van der Waals surface area contributed by atoms with E-state index >= 15 is 0 Å². The zero-order valence-corrected chi connectivity index (χ0v) is 19.6. The molecule has 4 rings (SSSR count). The molecule has 0 spiro atoms. The first kappa shape index (κ1) is 22.9. The fraction of sp³-hybridized carbons (Fsp3) is 0.409. The van der Waals surface area contributed by atoms with Crippen LogP contribution in [0.15, 0.2) is 33.3 Å². The first-order chi connectivity index (χ1) is 13.6.